The van der Waals surface area contributed by atoms with E-state index >= 15 is 0 Å². The van der Waals surface area contributed by atoms with Crippen molar-refractivity contribution in [1.29, 1.82) is 0 Å². The van der Waals surface area contributed by atoms with Gasteiger partial charge in [0.2, 0.25) is 5.91 Å². The van der Waals surface area contributed by atoms with E-state index in [1.807, 2.05) is 41.0 Å². The third-order valence-corrected chi connectivity index (χ3v) is 8.00. The third kappa shape index (κ3) is 3.99. The van der Waals surface area contributed by atoms with Crippen molar-refractivity contribution in [2.45, 2.75) is 37.8 Å². The molecule has 3 aliphatic heterocycles. The number of pyridine rings is 2. The number of hydrogen-bond donors (Lipinski definition) is 3. The average Bonchev–Trinajstić information content (AvgIpc) is 2.89. The molecule has 3 N–H and O–H groups in total. The first kappa shape index (κ1) is 22.9. The van der Waals surface area contributed by atoms with Gasteiger partial charge >= 0.3 is 0 Å². The monoisotopic (exact) mass is 487 g/mol. The Balaban J connectivity index is 1.33. The summed E-state index contributed by atoms with van der Waals surface area (Å²) in [5.41, 5.74) is 4.10. The van der Waals surface area contributed by atoms with E-state index in [4.69, 9.17) is 0 Å². The van der Waals surface area contributed by atoms with Crippen LogP contribution in [0.4, 0.5) is 11.4 Å². The van der Waals surface area contributed by atoms with Crippen molar-refractivity contribution in [3.05, 3.63) is 93.3 Å². The van der Waals surface area contributed by atoms with Crippen molar-refractivity contribution in [3.63, 3.8) is 0 Å². The summed E-state index contributed by atoms with van der Waals surface area (Å²) in [5, 5.41) is 23.4. The molecule has 1 aromatic carbocycles. The topological polar surface area (TPSA) is 115 Å². The van der Waals surface area contributed by atoms with E-state index in [1.54, 1.807) is 24.4 Å². The number of nitrogens with zero attached hydrogens (tertiary/aromatic N) is 3. The van der Waals surface area contributed by atoms with Gasteiger partial charge in [0.15, 0.2) is 5.69 Å². The second kappa shape index (κ2) is 9.16. The highest BCUT2D eigenvalue weighted by Gasteiger charge is 2.49. The van der Waals surface area contributed by atoms with Crippen LogP contribution in [0.15, 0.2) is 65.6 Å². The largest absolute Gasteiger partial charge is 0.595 e. The molecule has 1 saturated heterocycles. The molecule has 1 amide bonds. The average molecular weight is 488 g/mol. The highest BCUT2D eigenvalue weighted by molar-refractivity contribution is 5.82. The van der Waals surface area contributed by atoms with Gasteiger partial charge in [-0.2, -0.15) is 5.23 Å². The predicted molar refractivity (Wildman–Crippen MR) is 133 cm³/mol. The number of fused-ring (bicyclic) bond motifs is 8. The SMILES string of the molecule is O=C(NCCc1ccccn1)[C@@H]1Cc2cc([NH+]([O-])O)ccc2N2CC3CC(Cn4c3cccc4=O)[C@@H]12. The van der Waals surface area contributed by atoms with Crippen molar-refractivity contribution in [2.24, 2.45) is 11.8 Å². The first-order chi connectivity index (χ1) is 17.5. The lowest BCUT2D eigenvalue weighted by molar-refractivity contribution is -0.991. The summed E-state index contributed by atoms with van der Waals surface area (Å²) < 4.78 is 1.88. The molecular formula is C27H29N5O4. The molecule has 2 bridgehead atoms. The van der Waals surface area contributed by atoms with E-state index in [9.17, 15) is 20.0 Å². The zero-order valence-electron chi connectivity index (χ0n) is 19.8. The lowest BCUT2D eigenvalue weighted by atomic mass is 9.70. The molecule has 3 aromatic rings. The van der Waals surface area contributed by atoms with Crippen molar-refractivity contribution in [3.8, 4) is 0 Å². The van der Waals surface area contributed by atoms with Crippen LogP contribution in [0.5, 0.6) is 0 Å². The van der Waals surface area contributed by atoms with E-state index in [0.29, 0.717) is 32.5 Å². The Morgan fingerprint density at radius 3 is 2.86 bits per heavy atom. The van der Waals surface area contributed by atoms with Crippen LogP contribution in [-0.4, -0.2) is 39.8 Å². The Morgan fingerprint density at radius 2 is 2.06 bits per heavy atom. The molecule has 0 saturated carbocycles. The zero-order valence-corrected chi connectivity index (χ0v) is 19.8. The van der Waals surface area contributed by atoms with Crippen molar-refractivity contribution < 1.29 is 15.2 Å². The Morgan fingerprint density at radius 1 is 1.17 bits per heavy atom. The number of amides is 1. The van der Waals surface area contributed by atoms with Crippen LogP contribution in [0.2, 0.25) is 0 Å². The molecule has 5 atom stereocenters. The van der Waals surface area contributed by atoms with Gasteiger partial charge in [-0.05, 0) is 48.6 Å². The maximum absolute atomic E-state index is 13.6. The molecule has 9 nitrogen and oxygen atoms in total. The fraction of sp³-hybridized carbons (Fsp3) is 0.370. The first-order valence-electron chi connectivity index (χ1n) is 12.5. The normalized spacial score (nSPS) is 24.8. The van der Waals surface area contributed by atoms with Gasteiger partial charge < -0.3 is 20.0 Å². The second-order valence-electron chi connectivity index (χ2n) is 10.1. The van der Waals surface area contributed by atoms with Gasteiger partial charge in [0, 0.05) is 79.5 Å². The number of rotatable bonds is 5. The zero-order chi connectivity index (χ0) is 24.8. The minimum atomic E-state index is -0.972. The molecule has 1 fully saturated rings. The first-order valence-corrected chi connectivity index (χ1v) is 12.5. The summed E-state index contributed by atoms with van der Waals surface area (Å²) in [4.78, 5) is 32.9. The van der Waals surface area contributed by atoms with Crippen molar-refractivity contribution in [1.82, 2.24) is 14.9 Å². The van der Waals surface area contributed by atoms with Crippen LogP contribution >= 0.6 is 0 Å². The van der Waals surface area contributed by atoms with Crippen molar-refractivity contribution >= 4 is 17.3 Å². The summed E-state index contributed by atoms with van der Waals surface area (Å²) in [7, 11) is 0. The Kier molecular flexibility index (Phi) is 5.83. The predicted octanol–water partition coefficient (Wildman–Crippen LogP) is 1.17. The Labute approximate surface area is 208 Å². The molecule has 3 unspecified atom stereocenters. The van der Waals surface area contributed by atoms with E-state index in [1.165, 1.54) is 0 Å². The van der Waals surface area contributed by atoms with Crippen LogP contribution in [0, 0.1) is 17.0 Å². The summed E-state index contributed by atoms with van der Waals surface area (Å²) >= 11 is 0. The molecule has 5 heterocycles. The van der Waals surface area contributed by atoms with Gasteiger partial charge in [0.05, 0.1) is 5.92 Å². The fourth-order valence-electron chi connectivity index (χ4n) is 6.48. The number of hydrogen-bond acceptors (Lipinski definition) is 6. The highest BCUT2D eigenvalue weighted by Crippen LogP contribution is 2.47. The number of carbonyl (C=O) groups excluding carboxylic acids is 1. The molecule has 2 aromatic heterocycles. The van der Waals surface area contributed by atoms with Crippen LogP contribution in [0.1, 0.15) is 29.3 Å². The molecule has 186 valence electrons. The minimum Gasteiger partial charge on any atom is -0.595 e. The lowest BCUT2D eigenvalue weighted by Crippen LogP contribution is -2.99. The van der Waals surface area contributed by atoms with Gasteiger partial charge in [-0.3, -0.25) is 14.6 Å². The lowest BCUT2D eigenvalue weighted by Gasteiger charge is -2.54. The van der Waals surface area contributed by atoms with E-state index in [2.05, 4.69) is 15.2 Å². The summed E-state index contributed by atoms with van der Waals surface area (Å²) in [5.74, 6) is -0.0313. The quantitative estimate of drug-likeness (QED) is 0.466. The van der Waals surface area contributed by atoms with Crippen molar-refractivity contribution in [2.75, 3.05) is 18.0 Å². The summed E-state index contributed by atoms with van der Waals surface area (Å²) in [6, 6.07) is 16.4. The van der Waals surface area contributed by atoms with E-state index in [-0.39, 0.29) is 40.9 Å². The Bertz CT molecular complexity index is 1340. The number of nitrogens with one attached hydrogen (secondary N) is 2. The molecule has 36 heavy (non-hydrogen) atoms. The standard InChI is InChI=1S/C27H29N5O4/c33-25-6-3-5-23-18-12-19(16-30(23)25)26-22(27(34)29-11-9-20-4-1-2-10-28-20)14-17-13-21(32(35)36)7-8-24(17)31(26)15-18/h1-8,10,13,18-19,22,26,32,35H,9,11-12,14-16H2,(H,29,34)/t18?,19?,22-,26+/m1/s1. The van der Waals surface area contributed by atoms with Crippen LogP contribution in [-0.2, 0) is 24.2 Å². The molecule has 0 spiro atoms. The number of quaternary nitrogens is 1. The molecule has 0 aliphatic carbocycles. The highest BCUT2D eigenvalue weighted by atomic mass is 16.8. The minimum absolute atomic E-state index is 0.00863. The van der Waals surface area contributed by atoms with Crippen LogP contribution in [0.3, 0.4) is 0 Å². The third-order valence-electron chi connectivity index (χ3n) is 8.00. The van der Waals surface area contributed by atoms with Crippen LogP contribution < -0.4 is 21.0 Å². The van der Waals surface area contributed by atoms with E-state index < -0.39 is 5.23 Å². The maximum atomic E-state index is 13.6. The second-order valence-corrected chi connectivity index (χ2v) is 10.1. The number of anilines is 1. The molecule has 3 aliphatic rings. The smallest absolute Gasteiger partial charge is 0.250 e. The van der Waals surface area contributed by atoms with E-state index in [0.717, 1.165) is 29.1 Å². The molecular weight excluding hydrogens is 458 g/mol. The maximum Gasteiger partial charge on any atom is 0.250 e. The van der Waals surface area contributed by atoms with Gasteiger partial charge in [-0.25, -0.2) is 5.21 Å². The number of carbonyl (C=O) groups is 1. The number of aromatic nitrogens is 2. The fourth-order valence-corrected chi connectivity index (χ4v) is 6.48. The van der Waals surface area contributed by atoms with Gasteiger partial charge in [0.25, 0.3) is 5.56 Å². The Hall–Kier alpha value is -3.53. The number of benzene rings is 1. The summed E-state index contributed by atoms with van der Waals surface area (Å²) in [6.45, 7) is 1.77. The van der Waals surface area contributed by atoms with Gasteiger partial charge in [-0.15, -0.1) is 0 Å². The van der Waals surface area contributed by atoms with Gasteiger partial charge in [0.1, 0.15) is 0 Å². The van der Waals surface area contributed by atoms with Gasteiger partial charge in [-0.1, -0.05) is 12.1 Å². The molecule has 0 radical (unpaired) electrons. The van der Waals surface area contributed by atoms with Crippen LogP contribution in [0.25, 0.3) is 0 Å². The number of piperidine rings is 1. The summed E-state index contributed by atoms with van der Waals surface area (Å²) in [6.07, 6.45) is 3.80. The molecule has 6 rings (SSSR count). The molecule has 9 heteroatoms.